The third kappa shape index (κ3) is 2.76. The van der Waals surface area contributed by atoms with Crippen molar-refractivity contribution in [1.82, 2.24) is 8.61 Å². The summed E-state index contributed by atoms with van der Waals surface area (Å²) >= 11 is 0. The van der Waals surface area contributed by atoms with Crippen LogP contribution in [0.15, 0.2) is 0 Å². The number of carboxylic acids is 1. The average Bonchev–Trinajstić information content (AvgIpc) is 2.59. The van der Waals surface area contributed by atoms with E-state index in [1.54, 1.807) is 13.8 Å². The van der Waals surface area contributed by atoms with Gasteiger partial charge in [0.1, 0.15) is 6.04 Å². The largest absolute Gasteiger partial charge is 0.480 e. The maximum absolute atomic E-state index is 12.1. The van der Waals surface area contributed by atoms with Gasteiger partial charge in [-0.3, -0.25) is 4.79 Å². The van der Waals surface area contributed by atoms with Gasteiger partial charge in [-0.05, 0) is 13.8 Å². The quantitative estimate of drug-likeness (QED) is 0.686. The Balaban J connectivity index is 3.02. The highest BCUT2D eigenvalue weighted by Gasteiger charge is 2.44. The zero-order valence-electron chi connectivity index (χ0n) is 10.1. The number of aliphatic hydroxyl groups excluding tert-OH is 1. The van der Waals surface area contributed by atoms with Crippen LogP contribution in [0.1, 0.15) is 20.3 Å². The van der Waals surface area contributed by atoms with Crippen LogP contribution in [-0.2, 0) is 15.0 Å². The number of aliphatic hydroxyl groups is 1. The summed E-state index contributed by atoms with van der Waals surface area (Å²) in [7, 11) is -2.45. The van der Waals surface area contributed by atoms with E-state index in [9.17, 15) is 18.3 Å². The Kier molecular flexibility index (Phi) is 4.13. The van der Waals surface area contributed by atoms with E-state index in [2.05, 4.69) is 0 Å². The van der Waals surface area contributed by atoms with Crippen molar-refractivity contribution in [3.63, 3.8) is 0 Å². The first-order valence-electron chi connectivity index (χ1n) is 5.33. The molecule has 0 aromatic rings. The van der Waals surface area contributed by atoms with E-state index in [1.807, 2.05) is 0 Å². The first-order chi connectivity index (χ1) is 7.67. The molecule has 100 valence electrons. The fraction of sp³-hybridized carbons (Fsp3) is 0.889. The van der Waals surface area contributed by atoms with E-state index >= 15 is 0 Å². The Morgan fingerprint density at radius 3 is 2.41 bits per heavy atom. The molecule has 17 heavy (non-hydrogen) atoms. The summed E-state index contributed by atoms with van der Waals surface area (Å²) < 4.78 is 26.2. The van der Waals surface area contributed by atoms with Crippen molar-refractivity contribution in [2.24, 2.45) is 0 Å². The van der Waals surface area contributed by atoms with Crippen molar-refractivity contribution in [3.8, 4) is 0 Å². The van der Waals surface area contributed by atoms with Crippen LogP contribution in [-0.4, -0.2) is 65.0 Å². The number of carboxylic acid groups (broad SMARTS) is 1. The third-order valence-corrected chi connectivity index (χ3v) is 5.05. The summed E-state index contributed by atoms with van der Waals surface area (Å²) in [5.41, 5.74) is 0. The third-order valence-electron chi connectivity index (χ3n) is 2.91. The summed E-state index contributed by atoms with van der Waals surface area (Å²) in [5, 5.41) is 18.4. The van der Waals surface area contributed by atoms with Gasteiger partial charge in [0.15, 0.2) is 0 Å². The number of aliphatic carboxylic acids is 1. The molecular formula is C9H18N2O5S. The highest BCUT2D eigenvalue weighted by molar-refractivity contribution is 7.86. The van der Waals surface area contributed by atoms with Crippen molar-refractivity contribution >= 4 is 16.2 Å². The molecule has 8 heteroatoms. The molecule has 1 unspecified atom stereocenters. The van der Waals surface area contributed by atoms with Gasteiger partial charge in [-0.2, -0.15) is 17.0 Å². The molecule has 0 aliphatic carbocycles. The van der Waals surface area contributed by atoms with Crippen LogP contribution in [0.5, 0.6) is 0 Å². The molecule has 1 aliphatic rings. The summed E-state index contributed by atoms with van der Waals surface area (Å²) in [5.74, 6) is -1.23. The number of β-amino-alcohol motifs (C(OH)–C–C–N with tert-alkyl or cyclic N) is 1. The van der Waals surface area contributed by atoms with Gasteiger partial charge in [0.2, 0.25) is 0 Å². The number of rotatable bonds is 4. The molecule has 0 aromatic heterocycles. The topological polar surface area (TPSA) is 98.2 Å². The van der Waals surface area contributed by atoms with Gasteiger partial charge in [-0.25, -0.2) is 0 Å². The molecule has 0 saturated carbocycles. The molecular weight excluding hydrogens is 248 g/mol. The Morgan fingerprint density at radius 2 is 2.00 bits per heavy atom. The molecule has 1 fully saturated rings. The Labute approximate surface area is 101 Å². The van der Waals surface area contributed by atoms with E-state index in [0.717, 1.165) is 8.61 Å². The lowest BCUT2D eigenvalue weighted by Crippen LogP contribution is -2.49. The normalized spacial score (nSPS) is 26.9. The molecule has 2 atom stereocenters. The predicted molar refractivity (Wildman–Crippen MR) is 60.6 cm³/mol. The number of carbonyl (C=O) groups is 1. The molecule has 7 nitrogen and oxygen atoms in total. The minimum Gasteiger partial charge on any atom is -0.480 e. The first-order valence-corrected chi connectivity index (χ1v) is 6.73. The van der Waals surface area contributed by atoms with Crippen molar-refractivity contribution in [2.75, 3.05) is 13.6 Å². The second-order valence-corrected chi connectivity index (χ2v) is 6.37. The zero-order chi connectivity index (χ0) is 13.4. The van der Waals surface area contributed by atoms with Crippen LogP contribution >= 0.6 is 0 Å². The van der Waals surface area contributed by atoms with Crippen LogP contribution < -0.4 is 0 Å². The van der Waals surface area contributed by atoms with Gasteiger partial charge in [0.25, 0.3) is 10.2 Å². The van der Waals surface area contributed by atoms with Crippen molar-refractivity contribution < 1.29 is 23.4 Å². The van der Waals surface area contributed by atoms with Crippen LogP contribution in [0, 0.1) is 0 Å². The fourth-order valence-corrected chi connectivity index (χ4v) is 3.42. The average molecular weight is 266 g/mol. The van der Waals surface area contributed by atoms with E-state index in [-0.39, 0.29) is 19.0 Å². The summed E-state index contributed by atoms with van der Waals surface area (Å²) in [6, 6.07) is -1.46. The molecule has 0 radical (unpaired) electrons. The highest BCUT2D eigenvalue weighted by Crippen LogP contribution is 2.24. The lowest BCUT2D eigenvalue weighted by atomic mass is 10.2. The summed E-state index contributed by atoms with van der Waals surface area (Å²) in [4.78, 5) is 11.0. The van der Waals surface area contributed by atoms with Crippen LogP contribution in [0.2, 0.25) is 0 Å². The fourth-order valence-electron chi connectivity index (χ4n) is 1.70. The van der Waals surface area contributed by atoms with E-state index in [1.165, 1.54) is 7.05 Å². The standard InChI is InChI=1S/C9H18N2O5S/c1-6(2)10(3)17(15,16)11-5-7(12)4-8(11)9(13)14/h6-8,12H,4-5H2,1-3H3,(H,13,14)/t7?,8-/m0/s1. The van der Waals surface area contributed by atoms with E-state index in [4.69, 9.17) is 5.11 Å². The lowest BCUT2D eigenvalue weighted by molar-refractivity contribution is -0.140. The zero-order valence-corrected chi connectivity index (χ0v) is 10.9. The van der Waals surface area contributed by atoms with Crippen molar-refractivity contribution in [1.29, 1.82) is 0 Å². The Hall–Kier alpha value is -0.700. The number of hydrogen-bond donors (Lipinski definition) is 2. The molecule has 0 aromatic carbocycles. The second-order valence-electron chi connectivity index (χ2n) is 4.43. The van der Waals surface area contributed by atoms with Gasteiger partial charge in [-0.1, -0.05) is 0 Å². The lowest BCUT2D eigenvalue weighted by Gasteiger charge is -2.28. The highest BCUT2D eigenvalue weighted by atomic mass is 32.2. The van der Waals surface area contributed by atoms with Gasteiger partial charge < -0.3 is 10.2 Å². The van der Waals surface area contributed by atoms with Crippen LogP contribution in [0.4, 0.5) is 0 Å². The van der Waals surface area contributed by atoms with Crippen molar-refractivity contribution in [3.05, 3.63) is 0 Å². The minimum atomic E-state index is -3.84. The van der Waals surface area contributed by atoms with Crippen LogP contribution in [0.3, 0.4) is 0 Å². The van der Waals surface area contributed by atoms with E-state index in [0.29, 0.717) is 0 Å². The smallest absolute Gasteiger partial charge is 0.322 e. The molecule has 1 saturated heterocycles. The second kappa shape index (κ2) is 4.89. The monoisotopic (exact) mass is 266 g/mol. The Bertz CT molecular complexity index is 394. The molecule has 0 bridgehead atoms. The number of nitrogens with zero attached hydrogens (tertiary/aromatic N) is 2. The first kappa shape index (κ1) is 14.4. The van der Waals surface area contributed by atoms with Crippen LogP contribution in [0.25, 0.3) is 0 Å². The van der Waals surface area contributed by atoms with E-state index < -0.39 is 28.3 Å². The maximum atomic E-state index is 12.1. The maximum Gasteiger partial charge on any atom is 0.322 e. The van der Waals surface area contributed by atoms with Gasteiger partial charge >= 0.3 is 5.97 Å². The SMILES string of the molecule is CC(C)N(C)S(=O)(=O)N1CC(O)C[C@H]1C(=O)O. The summed E-state index contributed by atoms with van der Waals surface area (Å²) in [6.07, 6.45) is -0.994. The van der Waals surface area contributed by atoms with Gasteiger partial charge in [0, 0.05) is 26.1 Å². The molecule has 0 spiro atoms. The molecule has 1 rings (SSSR count). The Morgan fingerprint density at radius 1 is 1.47 bits per heavy atom. The van der Waals surface area contributed by atoms with Gasteiger partial charge in [0.05, 0.1) is 6.10 Å². The minimum absolute atomic E-state index is 0.0689. The molecule has 0 amide bonds. The predicted octanol–water partition coefficient (Wildman–Crippen LogP) is -0.909. The molecule has 2 N–H and O–H groups in total. The van der Waals surface area contributed by atoms with Gasteiger partial charge in [-0.15, -0.1) is 0 Å². The molecule has 1 aliphatic heterocycles. The van der Waals surface area contributed by atoms with Crippen molar-refractivity contribution in [2.45, 2.75) is 38.5 Å². The molecule has 1 heterocycles. The number of hydrogen-bond acceptors (Lipinski definition) is 4. The summed E-state index contributed by atoms with van der Waals surface area (Å²) in [6.45, 7) is 3.22.